The summed E-state index contributed by atoms with van der Waals surface area (Å²) in [5, 5.41) is 7.10. The lowest BCUT2D eigenvalue weighted by atomic mass is 10.3. The molecule has 0 spiro atoms. The standard InChI is InChI=1S/C14H24N4O2S/c1-18(2)8-4-7-16-14-11(20-3)10(15)12(21-14)13(19)17-9-5-6-9/h9,16H,4-8,15H2,1-3H3,(H,17,19). The highest BCUT2D eigenvalue weighted by Gasteiger charge is 2.27. The summed E-state index contributed by atoms with van der Waals surface area (Å²) in [4.78, 5) is 14.8. The van der Waals surface area contributed by atoms with Crippen LogP contribution in [0, 0.1) is 0 Å². The van der Waals surface area contributed by atoms with Crippen molar-refractivity contribution in [3.05, 3.63) is 4.88 Å². The molecule has 21 heavy (non-hydrogen) atoms. The largest absolute Gasteiger partial charge is 0.492 e. The number of amides is 1. The van der Waals surface area contributed by atoms with Crippen molar-refractivity contribution in [1.29, 1.82) is 0 Å². The second-order valence-corrected chi connectivity index (χ2v) is 6.56. The number of nitrogens with one attached hydrogen (secondary N) is 2. The minimum absolute atomic E-state index is 0.0976. The average molecular weight is 312 g/mol. The van der Waals surface area contributed by atoms with Crippen molar-refractivity contribution in [3.8, 4) is 5.75 Å². The Morgan fingerprint density at radius 3 is 2.76 bits per heavy atom. The van der Waals surface area contributed by atoms with E-state index in [0.29, 0.717) is 22.4 Å². The topological polar surface area (TPSA) is 79.6 Å². The van der Waals surface area contributed by atoms with E-state index >= 15 is 0 Å². The zero-order chi connectivity index (χ0) is 15.4. The molecule has 1 heterocycles. The van der Waals surface area contributed by atoms with Gasteiger partial charge in [0.15, 0.2) is 5.75 Å². The number of thiophene rings is 1. The van der Waals surface area contributed by atoms with Gasteiger partial charge in [-0.2, -0.15) is 0 Å². The quantitative estimate of drug-likeness (QED) is 0.635. The van der Waals surface area contributed by atoms with Gasteiger partial charge in [0.2, 0.25) is 0 Å². The van der Waals surface area contributed by atoms with E-state index in [4.69, 9.17) is 10.5 Å². The molecule has 0 aromatic carbocycles. The van der Waals surface area contributed by atoms with Gasteiger partial charge in [-0.15, -0.1) is 11.3 Å². The van der Waals surface area contributed by atoms with Crippen LogP contribution in [0.2, 0.25) is 0 Å². The Bertz CT molecular complexity index is 497. The number of carbonyl (C=O) groups is 1. The monoisotopic (exact) mass is 312 g/mol. The first kappa shape index (κ1) is 15.9. The van der Waals surface area contributed by atoms with Crippen molar-refractivity contribution in [3.63, 3.8) is 0 Å². The van der Waals surface area contributed by atoms with Crippen molar-refractivity contribution in [1.82, 2.24) is 10.2 Å². The van der Waals surface area contributed by atoms with Gasteiger partial charge in [-0.3, -0.25) is 4.79 Å². The van der Waals surface area contributed by atoms with Crippen molar-refractivity contribution in [2.75, 3.05) is 45.3 Å². The van der Waals surface area contributed by atoms with Crippen LogP contribution in [0.5, 0.6) is 5.75 Å². The lowest BCUT2D eigenvalue weighted by Gasteiger charge is -2.10. The molecule has 0 saturated heterocycles. The molecule has 1 aliphatic rings. The summed E-state index contributed by atoms with van der Waals surface area (Å²) in [5.41, 5.74) is 6.47. The normalized spacial score (nSPS) is 14.3. The van der Waals surface area contributed by atoms with Crippen molar-refractivity contribution >= 4 is 27.9 Å². The van der Waals surface area contributed by atoms with E-state index in [0.717, 1.165) is 37.4 Å². The second kappa shape index (κ2) is 7.00. The Morgan fingerprint density at radius 2 is 2.19 bits per heavy atom. The molecule has 0 unspecified atom stereocenters. The lowest BCUT2D eigenvalue weighted by molar-refractivity contribution is 0.0956. The van der Waals surface area contributed by atoms with E-state index in [2.05, 4.69) is 15.5 Å². The smallest absolute Gasteiger partial charge is 0.263 e. The molecule has 2 rings (SSSR count). The van der Waals surface area contributed by atoms with Crippen LogP contribution in [0.25, 0.3) is 0 Å². The number of nitrogen functional groups attached to an aromatic ring is 1. The molecule has 1 amide bonds. The molecule has 0 aliphatic heterocycles. The highest BCUT2D eigenvalue weighted by Crippen LogP contribution is 2.42. The molecule has 1 fully saturated rings. The first-order valence-electron chi connectivity index (χ1n) is 7.18. The minimum Gasteiger partial charge on any atom is -0.492 e. The first-order chi connectivity index (χ1) is 10.0. The maximum Gasteiger partial charge on any atom is 0.263 e. The van der Waals surface area contributed by atoms with Crippen LogP contribution in [0.15, 0.2) is 0 Å². The Kier molecular flexibility index (Phi) is 5.30. The predicted molar refractivity (Wildman–Crippen MR) is 87.4 cm³/mol. The molecular formula is C14H24N4O2S. The molecule has 1 aromatic rings. The van der Waals surface area contributed by atoms with Crippen molar-refractivity contribution < 1.29 is 9.53 Å². The van der Waals surface area contributed by atoms with E-state index in [1.165, 1.54) is 11.3 Å². The fourth-order valence-corrected chi connectivity index (χ4v) is 3.01. The fourth-order valence-electron chi connectivity index (χ4n) is 1.99. The zero-order valence-electron chi connectivity index (χ0n) is 12.9. The lowest BCUT2D eigenvalue weighted by Crippen LogP contribution is -2.25. The van der Waals surface area contributed by atoms with Gasteiger partial charge in [0.25, 0.3) is 5.91 Å². The van der Waals surface area contributed by atoms with Gasteiger partial charge in [-0.25, -0.2) is 0 Å². The third-order valence-corrected chi connectivity index (χ3v) is 4.43. The van der Waals surface area contributed by atoms with Gasteiger partial charge in [0, 0.05) is 12.6 Å². The summed E-state index contributed by atoms with van der Waals surface area (Å²) in [5.74, 6) is 0.477. The summed E-state index contributed by atoms with van der Waals surface area (Å²) in [6.45, 7) is 1.82. The number of methoxy groups -OCH3 is 1. The zero-order valence-corrected chi connectivity index (χ0v) is 13.7. The van der Waals surface area contributed by atoms with Crippen LogP contribution in [0.3, 0.4) is 0 Å². The molecule has 6 nitrogen and oxygen atoms in total. The van der Waals surface area contributed by atoms with Crippen LogP contribution in [0.4, 0.5) is 10.7 Å². The number of hydrogen-bond donors (Lipinski definition) is 3. The van der Waals surface area contributed by atoms with E-state index in [1.54, 1.807) is 7.11 Å². The number of nitrogens with two attached hydrogens (primary N) is 1. The van der Waals surface area contributed by atoms with Gasteiger partial charge in [0.05, 0.1) is 7.11 Å². The van der Waals surface area contributed by atoms with Crippen molar-refractivity contribution in [2.45, 2.75) is 25.3 Å². The number of carbonyl (C=O) groups excluding carboxylic acids is 1. The van der Waals surface area contributed by atoms with E-state index in [-0.39, 0.29) is 5.91 Å². The third kappa shape index (κ3) is 4.25. The number of anilines is 2. The molecule has 1 aromatic heterocycles. The molecule has 7 heteroatoms. The summed E-state index contributed by atoms with van der Waals surface area (Å²) in [6.07, 6.45) is 3.13. The SMILES string of the molecule is COc1c(NCCCN(C)C)sc(C(=O)NC2CC2)c1N. The highest BCUT2D eigenvalue weighted by molar-refractivity contribution is 7.19. The van der Waals surface area contributed by atoms with Gasteiger partial charge in [-0.05, 0) is 39.9 Å². The van der Waals surface area contributed by atoms with Crippen molar-refractivity contribution in [2.24, 2.45) is 0 Å². The van der Waals surface area contributed by atoms with Gasteiger partial charge in [-0.1, -0.05) is 0 Å². The Hall–Kier alpha value is -1.47. The Labute approximate surface area is 129 Å². The second-order valence-electron chi connectivity index (χ2n) is 5.54. The summed E-state index contributed by atoms with van der Waals surface area (Å²) in [6, 6.07) is 0.321. The molecule has 0 radical (unpaired) electrons. The number of ether oxygens (including phenoxy) is 1. The molecule has 0 atom stereocenters. The number of nitrogens with zero attached hydrogens (tertiary/aromatic N) is 1. The van der Waals surface area contributed by atoms with Gasteiger partial charge in [0.1, 0.15) is 15.6 Å². The Balaban J connectivity index is 2.00. The molecule has 1 aliphatic carbocycles. The summed E-state index contributed by atoms with van der Waals surface area (Å²) >= 11 is 1.36. The molecular weight excluding hydrogens is 288 g/mol. The number of hydrogen-bond acceptors (Lipinski definition) is 6. The molecule has 118 valence electrons. The van der Waals surface area contributed by atoms with E-state index in [1.807, 2.05) is 14.1 Å². The van der Waals surface area contributed by atoms with E-state index < -0.39 is 0 Å². The first-order valence-corrected chi connectivity index (χ1v) is 8.00. The third-order valence-electron chi connectivity index (χ3n) is 3.29. The summed E-state index contributed by atoms with van der Waals surface area (Å²) in [7, 11) is 5.67. The van der Waals surface area contributed by atoms with Crippen LogP contribution < -0.4 is 21.1 Å². The molecule has 0 bridgehead atoms. The fraction of sp³-hybridized carbons (Fsp3) is 0.643. The molecule has 1 saturated carbocycles. The van der Waals surface area contributed by atoms with E-state index in [9.17, 15) is 4.79 Å². The van der Waals surface area contributed by atoms with Crippen LogP contribution in [-0.2, 0) is 0 Å². The van der Waals surface area contributed by atoms with Crippen LogP contribution in [0.1, 0.15) is 28.9 Å². The predicted octanol–water partition coefficient (Wildman–Crippen LogP) is 1.59. The Morgan fingerprint density at radius 1 is 1.48 bits per heavy atom. The van der Waals surface area contributed by atoms with Crippen LogP contribution in [-0.4, -0.2) is 51.1 Å². The average Bonchev–Trinajstić information content (AvgIpc) is 3.17. The molecule has 4 N–H and O–H groups in total. The minimum atomic E-state index is -0.0976. The van der Waals surface area contributed by atoms with Gasteiger partial charge >= 0.3 is 0 Å². The maximum absolute atomic E-state index is 12.1. The number of rotatable bonds is 8. The highest BCUT2D eigenvalue weighted by atomic mass is 32.1. The maximum atomic E-state index is 12.1. The van der Waals surface area contributed by atoms with Gasteiger partial charge < -0.3 is 26.0 Å². The van der Waals surface area contributed by atoms with Crippen LogP contribution >= 0.6 is 11.3 Å². The summed E-state index contributed by atoms with van der Waals surface area (Å²) < 4.78 is 5.34.